The maximum absolute atomic E-state index is 13.1. The third-order valence-corrected chi connectivity index (χ3v) is 4.00. The molecule has 4 nitrogen and oxygen atoms in total. The standard InChI is InChI=1S/C13H15BrFNO3/c14-10-3-2-9(15)5-8(10)1-4-13(19)16-6-11(17)12(18)7-16/h2-3,5,11-12,17-18H,1,4,6-7H2/t11-,12+. The Kier molecular flexibility index (Phi) is 4.54. The first-order valence-electron chi connectivity index (χ1n) is 6.05. The minimum absolute atomic E-state index is 0.147. The second kappa shape index (κ2) is 5.98. The number of β-amino-alcohol motifs (C(OH)–C–C–N with tert-alkyl or cyclic N) is 2. The Hall–Kier alpha value is -0.980. The number of halogens is 2. The van der Waals surface area contributed by atoms with E-state index in [9.17, 15) is 19.4 Å². The summed E-state index contributed by atoms with van der Waals surface area (Å²) in [6.45, 7) is 0.314. The summed E-state index contributed by atoms with van der Waals surface area (Å²) in [6, 6.07) is 4.35. The van der Waals surface area contributed by atoms with Gasteiger partial charge in [0.05, 0.1) is 12.2 Å². The highest BCUT2D eigenvalue weighted by molar-refractivity contribution is 9.10. The lowest BCUT2D eigenvalue weighted by atomic mass is 10.1. The first kappa shape index (κ1) is 14.4. The van der Waals surface area contributed by atoms with E-state index in [0.29, 0.717) is 6.42 Å². The van der Waals surface area contributed by atoms with Crippen LogP contribution < -0.4 is 0 Å². The highest BCUT2D eigenvalue weighted by Gasteiger charge is 2.32. The number of carbonyl (C=O) groups excluding carboxylic acids is 1. The second-order valence-corrected chi connectivity index (χ2v) is 5.52. The second-order valence-electron chi connectivity index (χ2n) is 4.67. The maximum atomic E-state index is 13.1. The number of rotatable bonds is 3. The molecular weight excluding hydrogens is 317 g/mol. The van der Waals surface area contributed by atoms with Crippen molar-refractivity contribution in [2.45, 2.75) is 25.0 Å². The van der Waals surface area contributed by atoms with Crippen molar-refractivity contribution in [2.24, 2.45) is 0 Å². The lowest BCUT2D eigenvalue weighted by Crippen LogP contribution is -2.29. The van der Waals surface area contributed by atoms with E-state index in [0.717, 1.165) is 10.0 Å². The van der Waals surface area contributed by atoms with Crippen molar-refractivity contribution in [1.29, 1.82) is 0 Å². The third-order valence-electron chi connectivity index (χ3n) is 3.23. The number of nitrogens with zero attached hydrogens (tertiary/aromatic N) is 1. The fraction of sp³-hybridized carbons (Fsp3) is 0.462. The van der Waals surface area contributed by atoms with Gasteiger partial charge < -0.3 is 15.1 Å². The molecule has 19 heavy (non-hydrogen) atoms. The van der Waals surface area contributed by atoms with Gasteiger partial charge in [0.1, 0.15) is 5.82 Å². The smallest absolute Gasteiger partial charge is 0.223 e. The predicted molar refractivity (Wildman–Crippen MR) is 71.0 cm³/mol. The molecule has 2 N–H and O–H groups in total. The van der Waals surface area contributed by atoms with Crippen LogP contribution in [-0.2, 0) is 11.2 Å². The molecule has 0 radical (unpaired) electrons. The van der Waals surface area contributed by atoms with Crippen LogP contribution in [0.1, 0.15) is 12.0 Å². The summed E-state index contributed by atoms with van der Waals surface area (Å²) in [5, 5.41) is 18.8. The van der Waals surface area contributed by atoms with Crippen molar-refractivity contribution in [1.82, 2.24) is 4.90 Å². The van der Waals surface area contributed by atoms with Crippen LogP contribution >= 0.6 is 15.9 Å². The van der Waals surface area contributed by atoms with E-state index < -0.39 is 12.2 Å². The van der Waals surface area contributed by atoms with E-state index in [1.54, 1.807) is 6.07 Å². The van der Waals surface area contributed by atoms with E-state index in [4.69, 9.17) is 0 Å². The molecule has 1 amide bonds. The Labute approximate surface area is 119 Å². The molecule has 1 aromatic carbocycles. The summed E-state index contributed by atoms with van der Waals surface area (Å²) in [7, 11) is 0. The zero-order valence-corrected chi connectivity index (χ0v) is 11.8. The summed E-state index contributed by atoms with van der Waals surface area (Å²) in [6.07, 6.45) is -1.10. The Morgan fingerprint density at radius 3 is 2.63 bits per heavy atom. The van der Waals surface area contributed by atoms with Crippen LogP contribution in [0.15, 0.2) is 22.7 Å². The number of aliphatic hydroxyl groups excluding tert-OH is 2. The van der Waals surface area contributed by atoms with Crippen molar-refractivity contribution >= 4 is 21.8 Å². The number of hydrogen-bond acceptors (Lipinski definition) is 3. The lowest BCUT2D eigenvalue weighted by Gasteiger charge is -2.15. The van der Waals surface area contributed by atoms with Gasteiger partial charge in [-0.05, 0) is 30.2 Å². The Morgan fingerprint density at radius 2 is 2.00 bits per heavy atom. The number of carbonyl (C=O) groups is 1. The summed E-state index contributed by atoms with van der Waals surface area (Å²) in [4.78, 5) is 13.3. The molecule has 0 spiro atoms. The molecule has 0 bridgehead atoms. The number of amides is 1. The zero-order chi connectivity index (χ0) is 14.0. The van der Waals surface area contributed by atoms with Gasteiger partial charge in [0.2, 0.25) is 5.91 Å². The van der Waals surface area contributed by atoms with Gasteiger partial charge in [0.25, 0.3) is 0 Å². The van der Waals surface area contributed by atoms with E-state index in [2.05, 4.69) is 15.9 Å². The Morgan fingerprint density at radius 1 is 1.37 bits per heavy atom. The zero-order valence-electron chi connectivity index (χ0n) is 10.2. The first-order chi connectivity index (χ1) is 8.97. The number of aryl methyl sites for hydroxylation is 1. The molecule has 0 aliphatic carbocycles. The Bertz CT molecular complexity index is 473. The molecule has 0 aromatic heterocycles. The molecule has 1 heterocycles. The van der Waals surface area contributed by atoms with Gasteiger partial charge in [0, 0.05) is 24.0 Å². The van der Waals surface area contributed by atoms with Gasteiger partial charge in [-0.3, -0.25) is 4.79 Å². The van der Waals surface area contributed by atoms with Crippen LogP contribution in [0, 0.1) is 5.82 Å². The summed E-state index contributed by atoms with van der Waals surface area (Å²) < 4.78 is 13.9. The van der Waals surface area contributed by atoms with Gasteiger partial charge in [0.15, 0.2) is 0 Å². The molecule has 2 rings (SSSR count). The molecule has 1 fully saturated rings. The topological polar surface area (TPSA) is 60.8 Å². The van der Waals surface area contributed by atoms with Crippen LogP contribution in [0.4, 0.5) is 4.39 Å². The average molecular weight is 332 g/mol. The van der Waals surface area contributed by atoms with Crippen molar-refractivity contribution in [2.75, 3.05) is 13.1 Å². The van der Waals surface area contributed by atoms with Crippen LogP contribution in [-0.4, -0.2) is 46.3 Å². The number of hydrogen-bond donors (Lipinski definition) is 2. The average Bonchev–Trinajstić information content (AvgIpc) is 2.70. The van der Waals surface area contributed by atoms with E-state index in [1.165, 1.54) is 17.0 Å². The summed E-state index contributed by atoms with van der Waals surface area (Å²) in [5.41, 5.74) is 0.730. The molecule has 0 saturated carbocycles. The quantitative estimate of drug-likeness (QED) is 0.871. The van der Waals surface area contributed by atoms with Crippen LogP contribution in [0.2, 0.25) is 0 Å². The molecule has 1 aliphatic rings. The number of likely N-dealkylation sites (tertiary alicyclic amines) is 1. The van der Waals surface area contributed by atoms with Crippen molar-refractivity contribution in [3.05, 3.63) is 34.1 Å². The normalized spacial score (nSPS) is 22.8. The molecule has 1 saturated heterocycles. The van der Waals surface area contributed by atoms with Crippen LogP contribution in [0.5, 0.6) is 0 Å². The highest BCUT2D eigenvalue weighted by Crippen LogP contribution is 2.20. The largest absolute Gasteiger partial charge is 0.388 e. The van der Waals surface area contributed by atoms with Gasteiger partial charge in [-0.25, -0.2) is 4.39 Å². The number of aliphatic hydroxyl groups is 2. The highest BCUT2D eigenvalue weighted by atomic mass is 79.9. The van der Waals surface area contributed by atoms with Crippen molar-refractivity contribution in [3.63, 3.8) is 0 Å². The van der Waals surface area contributed by atoms with Gasteiger partial charge in [-0.1, -0.05) is 15.9 Å². The molecule has 1 aromatic rings. The SMILES string of the molecule is O=C(CCc1cc(F)ccc1Br)N1C[C@@H](O)[C@@H](O)C1. The molecule has 0 unspecified atom stereocenters. The molecular formula is C13H15BrFNO3. The predicted octanol–water partition coefficient (Wildman–Crippen LogP) is 1.08. The van der Waals surface area contributed by atoms with E-state index in [1.807, 2.05) is 0 Å². The third kappa shape index (κ3) is 3.52. The van der Waals surface area contributed by atoms with E-state index >= 15 is 0 Å². The monoisotopic (exact) mass is 331 g/mol. The van der Waals surface area contributed by atoms with Crippen LogP contribution in [0.25, 0.3) is 0 Å². The number of benzene rings is 1. The van der Waals surface area contributed by atoms with Gasteiger partial charge in [-0.2, -0.15) is 0 Å². The molecule has 1 aliphatic heterocycles. The minimum atomic E-state index is -0.871. The summed E-state index contributed by atoms with van der Waals surface area (Å²) in [5.74, 6) is -0.482. The fourth-order valence-corrected chi connectivity index (χ4v) is 2.55. The molecule has 104 valence electrons. The summed E-state index contributed by atoms with van der Waals surface area (Å²) >= 11 is 3.31. The lowest BCUT2D eigenvalue weighted by molar-refractivity contribution is -0.130. The van der Waals surface area contributed by atoms with Gasteiger partial charge in [-0.15, -0.1) is 0 Å². The fourth-order valence-electron chi connectivity index (χ4n) is 2.11. The first-order valence-corrected chi connectivity index (χ1v) is 6.84. The van der Waals surface area contributed by atoms with E-state index in [-0.39, 0.29) is 31.2 Å². The van der Waals surface area contributed by atoms with Crippen molar-refractivity contribution in [3.8, 4) is 0 Å². The van der Waals surface area contributed by atoms with Gasteiger partial charge >= 0.3 is 0 Å². The maximum Gasteiger partial charge on any atom is 0.223 e. The van der Waals surface area contributed by atoms with Crippen LogP contribution in [0.3, 0.4) is 0 Å². The molecule has 6 heteroatoms. The van der Waals surface area contributed by atoms with Crippen molar-refractivity contribution < 1.29 is 19.4 Å². The molecule has 2 atom stereocenters. The Balaban J connectivity index is 1.92. The minimum Gasteiger partial charge on any atom is -0.388 e.